The van der Waals surface area contributed by atoms with Crippen molar-refractivity contribution in [1.82, 2.24) is 0 Å². The summed E-state index contributed by atoms with van der Waals surface area (Å²) in [5, 5.41) is 9.82. The molecule has 0 radical (unpaired) electrons. The number of phosphoric acid groups is 1. The smallest absolute Gasteiger partial charge is 0.268 e. The van der Waals surface area contributed by atoms with Crippen LogP contribution in [-0.2, 0) is 13.6 Å². The summed E-state index contributed by atoms with van der Waals surface area (Å²) in [6, 6.07) is 0. The lowest BCUT2D eigenvalue weighted by Crippen LogP contribution is -2.37. The predicted molar refractivity (Wildman–Crippen MR) is 100 cm³/mol. The molecule has 0 bridgehead atoms. The molecule has 0 aliphatic carbocycles. The monoisotopic (exact) mass is 381 g/mol. The van der Waals surface area contributed by atoms with Gasteiger partial charge < -0.3 is 23.5 Å². The van der Waals surface area contributed by atoms with Crippen molar-refractivity contribution in [2.75, 3.05) is 40.9 Å². The van der Waals surface area contributed by atoms with Crippen LogP contribution in [0.5, 0.6) is 0 Å². The number of likely N-dealkylation sites (N-methyl/N-ethyl adjacent to an activating group) is 1. The molecule has 2 atom stereocenters. The molecule has 0 aromatic carbocycles. The molecule has 152 valence electrons. The lowest BCUT2D eigenvalue weighted by Gasteiger charge is -2.27. The minimum atomic E-state index is -4.32. The van der Waals surface area contributed by atoms with Crippen LogP contribution < -0.4 is 4.89 Å². The van der Waals surface area contributed by atoms with Crippen LogP contribution in [0.25, 0.3) is 0 Å². The number of aliphatic hydroxyl groups is 1. The van der Waals surface area contributed by atoms with Gasteiger partial charge in [-0.2, -0.15) is 0 Å². The second-order valence-corrected chi connectivity index (χ2v) is 9.27. The van der Waals surface area contributed by atoms with Crippen LogP contribution in [0.3, 0.4) is 0 Å². The summed E-state index contributed by atoms with van der Waals surface area (Å²) in [5.41, 5.74) is 0. The van der Waals surface area contributed by atoms with Crippen LogP contribution in [0.4, 0.5) is 0 Å². The lowest BCUT2D eigenvalue weighted by molar-refractivity contribution is -0.870. The van der Waals surface area contributed by atoms with Crippen LogP contribution in [0, 0.1) is 0 Å². The molecule has 0 aromatic rings. The highest BCUT2D eigenvalue weighted by Gasteiger charge is 2.15. The minimum Gasteiger partial charge on any atom is -0.756 e. The van der Waals surface area contributed by atoms with E-state index in [9.17, 15) is 14.6 Å². The van der Waals surface area contributed by atoms with Gasteiger partial charge >= 0.3 is 0 Å². The van der Waals surface area contributed by atoms with E-state index >= 15 is 0 Å². The Morgan fingerprint density at radius 2 is 1.48 bits per heavy atom. The zero-order valence-corrected chi connectivity index (χ0v) is 17.6. The number of quaternary nitrogens is 1. The minimum absolute atomic E-state index is 0.0820. The Balaban J connectivity index is 3.59. The molecule has 0 saturated carbocycles. The van der Waals surface area contributed by atoms with Gasteiger partial charge in [-0.25, -0.2) is 0 Å². The second kappa shape index (κ2) is 14.1. The fourth-order valence-electron chi connectivity index (χ4n) is 2.42. The van der Waals surface area contributed by atoms with Gasteiger partial charge in [0.15, 0.2) is 0 Å². The molecule has 0 aliphatic heterocycles. The second-order valence-electron chi connectivity index (χ2n) is 7.86. The molecular weight excluding hydrogens is 341 g/mol. The van der Waals surface area contributed by atoms with Crippen molar-refractivity contribution < 1.29 is 28.1 Å². The molecule has 2 unspecified atom stereocenters. The largest absolute Gasteiger partial charge is 0.756 e. The maximum absolute atomic E-state index is 11.6. The molecule has 0 rings (SSSR count). The van der Waals surface area contributed by atoms with Gasteiger partial charge in [0.1, 0.15) is 13.2 Å². The number of unbranched alkanes of at least 4 members (excludes halogenated alkanes) is 8. The molecule has 7 heteroatoms. The highest BCUT2D eigenvalue weighted by molar-refractivity contribution is 7.45. The van der Waals surface area contributed by atoms with Crippen molar-refractivity contribution in [3.63, 3.8) is 0 Å². The van der Waals surface area contributed by atoms with E-state index in [0.29, 0.717) is 17.4 Å². The molecule has 0 heterocycles. The van der Waals surface area contributed by atoms with Crippen molar-refractivity contribution in [1.29, 1.82) is 0 Å². The molecule has 0 amide bonds. The zero-order chi connectivity index (χ0) is 19.2. The quantitative estimate of drug-likeness (QED) is 0.237. The summed E-state index contributed by atoms with van der Waals surface area (Å²) >= 11 is 0. The Morgan fingerprint density at radius 1 is 0.960 bits per heavy atom. The van der Waals surface area contributed by atoms with Gasteiger partial charge in [-0.3, -0.25) is 4.57 Å². The van der Waals surface area contributed by atoms with E-state index in [0.717, 1.165) is 12.8 Å². The van der Waals surface area contributed by atoms with Crippen molar-refractivity contribution in [2.45, 2.75) is 77.2 Å². The van der Waals surface area contributed by atoms with Gasteiger partial charge in [-0.05, 0) is 6.42 Å². The number of nitrogens with zero attached hydrogens (tertiary/aromatic N) is 1. The maximum Gasteiger partial charge on any atom is 0.268 e. The molecule has 0 aliphatic rings. The van der Waals surface area contributed by atoms with Crippen molar-refractivity contribution >= 4 is 7.82 Å². The Hall–Kier alpha value is 0.0300. The number of hydrogen-bond acceptors (Lipinski definition) is 5. The lowest BCUT2D eigenvalue weighted by atomic mass is 10.1. The fourth-order valence-corrected chi connectivity index (χ4v) is 3.15. The Bertz CT molecular complexity index is 360. The van der Waals surface area contributed by atoms with Gasteiger partial charge in [-0.15, -0.1) is 0 Å². The SMILES string of the molecule is CCCCCCCCCCCC(O)COP(=O)([O-])OCC[N+](C)(C)C. The highest BCUT2D eigenvalue weighted by atomic mass is 31.2. The first kappa shape index (κ1) is 25.0. The van der Waals surface area contributed by atoms with Crippen LogP contribution >= 0.6 is 7.82 Å². The van der Waals surface area contributed by atoms with Crippen molar-refractivity contribution in [3.05, 3.63) is 0 Å². The van der Waals surface area contributed by atoms with Gasteiger partial charge in [0.05, 0.1) is 33.9 Å². The Labute approximate surface area is 154 Å². The van der Waals surface area contributed by atoms with Gasteiger partial charge in [-0.1, -0.05) is 64.7 Å². The summed E-state index contributed by atoms with van der Waals surface area (Å²) in [7, 11) is 1.54. The Morgan fingerprint density at radius 3 is 2.00 bits per heavy atom. The van der Waals surface area contributed by atoms with E-state index in [1.807, 2.05) is 21.1 Å². The van der Waals surface area contributed by atoms with E-state index in [1.54, 1.807) is 0 Å². The first-order valence-corrected chi connectivity index (χ1v) is 11.2. The zero-order valence-electron chi connectivity index (χ0n) is 16.7. The van der Waals surface area contributed by atoms with Gasteiger partial charge in [0, 0.05) is 0 Å². The summed E-state index contributed by atoms with van der Waals surface area (Å²) in [4.78, 5) is 11.6. The molecule has 0 saturated heterocycles. The van der Waals surface area contributed by atoms with E-state index in [4.69, 9.17) is 9.05 Å². The molecule has 0 aromatic heterocycles. The molecule has 0 spiro atoms. The third-order valence-electron chi connectivity index (χ3n) is 4.08. The summed E-state index contributed by atoms with van der Waals surface area (Å²) in [6.45, 7) is 2.65. The molecule has 1 N–H and O–H groups in total. The third-order valence-corrected chi connectivity index (χ3v) is 5.04. The van der Waals surface area contributed by atoms with Gasteiger partial charge in [0.2, 0.25) is 0 Å². The summed E-state index contributed by atoms with van der Waals surface area (Å²) in [6.07, 6.45) is 10.7. The normalized spacial score (nSPS) is 15.9. The third kappa shape index (κ3) is 18.6. The number of aliphatic hydroxyl groups excluding tert-OH is 1. The van der Waals surface area contributed by atoms with E-state index < -0.39 is 13.9 Å². The van der Waals surface area contributed by atoms with Crippen LogP contribution in [0.2, 0.25) is 0 Å². The topological polar surface area (TPSA) is 78.8 Å². The van der Waals surface area contributed by atoms with Crippen LogP contribution in [0.1, 0.15) is 71.1 Å². The average molecular weight is 381 g/mol. The number of phosphoric ester groups is 1. The summed E-state index contributed by atoms with van der Waals surface area (Å²) < 4.78 is 21.8. The average Bonchev–Trinajstić information content (AvgIpc) is 2.50. The van der Waals surface area contributed by atoms with Gasteiger partial charge in [0.25, 0.3) is 7.82 Å². The molecule has 0 fully saturated rings. The van der Waals surface area contributed by atoms with Crippen molar-refractivity contribution in [3.8, 4) is 0 Å². The maximum atomic E-state index is 11.6. The molecule has 6 nitrogen and oxygen atoms in total. The van der Waals surface area contributed by atoms with Crippen LogP contribution in [0.15, 0.2) is 0 Å². The van der Waals surface area contributed by atoms with E-state index in [2.05, 4.69) is 6.92 Å². The van der Waals surface area contributed by atoms with Crippen LogP contribution in [-0.4, -0.2) is 56.6 Å². The summed E-state index contributed by atoms with van der Waals surface area (Å²) in [5.74, 6) is 0. The first-order chi connectivity index (χ1) is 11.7. The standard InChI is InChI=1S/C18H40NO5P/c1-5-6-7-8-9-10-11-12-13-14-18(20)17-24-25(21,22)23-16-15-19(2,3)4/h18,20H,5-17H2,1-4H3. The number of hydrogen-bond donors (Lipinski definition) is 1. The Kier molecular flexibility index (Phi) is 14.1. The first-order valence-electron chi connectivity index (χ1n) is 9.75. The molecular formula is C18H40NO5P. The number of rotatable bonds is 17. The highest BCUT2D eigenvalue weighted by Crippen LogP contribution is 2.38. The van der Waals surface area contributed by atoms with E-state index in [1.165, 1.54) is 44.9 Å². The van der Waals surface area contributed by atoms with Crippen molar-refractivity contribution in [2.24, 2.45) is 0 Å². The predicted octanol–water partition coefficient (Wildman–Crippen LogP) is 3.48. The fraction of sp³-hybridized carbons (Fsp3) is 1.00. The molecule has 25 heavy (non-hydrogen) atoms. The van der Waals surface area contributed by atoms with E-state index in [-0.39, 0.29) is 13.2 Å².